The lowest BCUT2D eigenvalue weighted by atomic mass is 9.96. The second kappa shape index (κ2) is 9.98. The number of hydrogen-bond donors (Lipinski definition) is 1. The summed E-state index contributed by atoms with van der Waals surface area (Å²) in [4.78, 5) is 27.2. The van der Waals surface area contributed by atoms with Crippen molar-refractivity contribution in [3.8, 4) is 0 Å². The van der Waals surface area contributed by atoms with Crippen molar-refractivity contribution in [2.24, 2.45) is 0 Å². The van der Waals surface area contributed by atoms with Crippen LogP contribution in [0.5, 0.6) is 0 Å². The number of amides is 1. The number of nitrogens with zero attached hydrogens (tertiary/aromatic N) is 4. The molecule has 8 heteroatoms. The molecule has 1 aromatic heterocycles. The Kier molecular flexibility index (Phi) is 7.27. The quantitative estimate of drug-likeness (QED) is 0.676. The number of aromatic nitrogens is 2. The fourth-order valence-corrected chi connectivity index (χ4v) is 5.73. The number of anilines is 1. The highest BCUT2D eigenvalue weighted by Crippen LogP contribution is 2.44. The molecule has 3 unspecified atom stereocenters. The fraction of sp³-hybridized carbons (Fsp3) is 0.542. The number of fused-ring (bicyclic) bond motifs is 1. The van der Waals surface area contributed by atoms with E-state index < -0.39 is 0 Å². The highest BCUT2D eigenvalue weighted by atomic mass is 35.5. The number of halogens is 1. The molecule has 1 amide bonds. The van der Waals surface area contributed by atoms with E-state index in [4.69, 9.17) is 11.6 Å². The third kappa shape index (κ3) is 4.90. The van der Waals surface area contributed by atoms with Crippen LogP contribution in [0.15, 0.2) is 30.6 Å². The number of benzene rings is 1. The van der Waals surface area contributed by atoms with Crippen LogP contribution in [-0.4, -0.2) is 59.0 Å². The first-order chi connectivity index (χ1) is 15.3. The van der Waals surface area contributed by atoms with E-state index in [-0.39, 0.29) is 17.9 Å². The van der Waals surface area contributed by atoms with Crippen molar-refractivity contribution >= 4 is 35.1 Å². The Balaban J connectivity index is 1.51. The molecule has 1 fully saturated rings. The summed E-state index contributed by atoms with van der Waals surface area (Å²) in [6, 6.07) is 8.16. The van der Waals surface area contributed by atoms with E-state index in [1.807, 2.05) is 40.9 Å². The van der Waals surface area contributed by atoms with Gasteiger partial charge in [0.05, 0.1) is 11.6 Å². The minimum Gasteiger partial charge on any atom is -0.350 e. The minimum atomic E-state index is -0.229. The average molecular weight is 474 g/mol. The Hall–Kier alpha value is -1.83. The highest BCUT2D eigenvalue weighted by molar-refractivity contribution is 7.99. The summed E-state index contributed by atoms with van der Waals surface area (Å²) in [5.74, 6) is 1.93. The van der Waals surface area contributed by atoms with Gasteiger partial charge in [-0.1, -0.05) is 37.6 Å². The molecule has 2 aliphatic rings. The SMILES string of the molecule is CC(C)NCC(C(=O)N1CCN(c2ncnc3c2C(C)SC3)C(C)C1)c1ccc(Cl)cc1. The molecule has 0 saturated carbocycles. The monoisotopic (exact) mass is 473 g/mol. The maximum Gasteiger partial charge on any atom is 0.231 e. The molecule has 2 aromatic rings. The maximum absolute atomic E-state index is 13.6. The number of nitrogens with one attached hydrogen (secondary N) is 1. The van der Waals surface area contributed by atoms with E-state index in [1.165, 1.54) is 5.56 Å². The predicted molar refractivity (Wildman–Crippen MR) is 132 cm³/mol. The zero-order valence-electron chi connectivity index (χ0n) is 19.2. The van der Waals surface area contributed by atoms with Gasteiger partial charge in [0, 0.05) is 59.9 Å². The van der Waals surface area contributed by atoms with Gasteiger partial charge in [-0.15, -0.1) is 11.8 Å². The lowest BCUT2D eigenvalue weighted by molar-refractivity contribution is -0.133. The van der Waals surface area contributed by atoms with Crippen molar-refractivity contribution in [3.63, 3.8) is 0 Å². The van der Waals surface area contributed by atoms with Crippen molar-refractivity contribution in [1.82, 2.24) is 20.2 Å². The van der Waals surface area contributed by atoms with Gasteiger partial charge in [-0.3, -0.25) is 4.79 Å². The summed E-state index contributed by atoms with van der Waals surface area (Å²) >= 11 is 8.00. The molecule has 6 nitrogen and oxygen atoms in total. The van der Waals surface area contributed by atoms with Crippen LogP contribution in [0.4, 0.5) is 5.82 Å². The van der Waals surface area contributed by atoms with Crippen molar-refractivity contribution in [2.75, 3.05) is 31.1 Å². The first-order valence-corrected chi connectivity index (χ1v) is 12.8. The van der Waals surface area contributed by atoms with Crippen LogP contribution >= 0.6 is 23.4 Å². The van der Waals surface area contributed by atoms with Crippen molar-refractivity contribution in [1.29, 1.82) is 0 Å². The lowest BCUT2D eigenvalue weighted by Gasteiger charge is -2.42. The minimum absolute atomic E-state index is 0.170. The summed E-state index contributed by atoms with van der Waals surface area (Å²) in [7, 11) is 0. The van der Waals surface area contributed by atoms with Gasteiger partial charge in [0.1, 0.15) is 12.1 Å². The third-order valence-corrected chi connectivity index (χ3v) is 7.76. The second-order valence-electron chi connectivity index (χ2n) is 9.00. The topological polar surface area (TPSA) is 61.4 Å². The van der Waals surface area contributed by atoms with Gasteiger partial charge in [0.25, 0.3) is 0 Å². The maximum atomic E-state index is 13.6. The van der Waals surface area contributed by atoms with E-state index >= 15 is 0 Å². The molecule has 0 aliphatic carbocycles. The van der Waals surface area contributed by atoms with Gasteiger partial charge in [-0.25, -0.2) is 9.97 Å². The van der Waals surface area contributed by atoms with Crippen LogP contribution in [0.3, 0.4) is 0 Å². The zero-order chi connectivity index (χ0) is 22.8. The molecule has 3 heterocycles. The van der Waals surface area contributed by atoms with Crippen molar-refractivity contribution < 1.29 is 4.79 Å². The Morgan fingerprint density at radius 2 is 1.97 bits per heavy atom. The molecular weight excluding hydrogens is 442 g/mol. The number of rotatable bonds is 6. The molecule has 0 bridgehead atoms. The first kappa shape index (κ1) is 23.3. The summed E-state index contributed by atoms with van der Waals surface area (Å²) in [5, 5.41) is 4.54. The van der Waals surface area contributed by atoms with Crippen LogP contribution in [0.25, 0.3) is 0 Å². The summed E-state index contributed by atoms with van der Waals surface area (Å²) in [6.07, 6.45) is 1.69. The van der Waals surface area contributed by atoms with Gasteiger partial charge in [0.15, 0.2) is 0 Å². The molecule has 32 heavy (non-hydrogen) atoms. The smallest absolute Gasteiger partial charge is 0.231 e. The van der Waals surface area contributed by atoms with Crippen LogP contribution in [0.1, 0.15) is 55.7 Å². The first-order valence-electron chi connectivity index (χ1n) is 11.3. The largest absolute Gasteiger partial charge is 0.350 e. The van der Waals surface area contributed by atoms with Gasteiger partial charge in [-0.2, -0.15) is 0 Å². The standard InChI is InChI=1S/C24H32ClN5OS/c1-15(2)26-11-20(18-5-7-19(25)8-6-18)24(31)29-9-10-30(16(3)12-29)23-22-17(4)32-13-21(22)27-14-28-23/h5-8,14-17,20,26H,9-13H2,1-4H3. The molecule has 1 N–H and O–H groups in total. The molecule has 172 valence electrons. The highest BCUT2D eigenvalue weighted by Gasteiger charge is 2.35. The van der Waals surface area contributed by atoms with Gasteiger partial charge < -0.3 is 15.1 Å². The molecule has 0 spiro atoms. The van der Waals surface area contributed by atoms with Gasteiger partial charge in [0.2, 0.25) is 5.91 Å². The van der Waals surface area contributed by atoms with E-state index in [9.17, 15) is 4.79 Å². The lowest BCUT2D eigenvalue weighted by Crippen LogP contribution is -2.55. The Bertz CT molecular complexity index is 954. The van der Waals surface area contributed by atoms with Crippen LogP contribution in [0, 0.1) is 0 Å². The summed E-state index contributed by atoms with van der Waals surface area (Å²) in [5.41, 5.74) is 3.42. The molecule has 2 aliphatic heterocycles. The van der Waals surface area contributed by atoms with E-state index in [1.54, 1.807) is 6.33 Å². The second-order valence-corrected chi connectivity index (χ2v) is 10.8. The predicted octanol–water partition coefficient (Wildman–Crippen LogP) is 4.26. The number of hydrogen-bond acceptors (Lipinski definition) is 6. The Morgan fingerprint density at radius 3 is 2.66 bits per heavy atom. The number of thioether (sulfide) groups is 1. The third-order valence-electron chi connectivity index (χ3n) is 6.33. The van der Waals surface area contributed by atoms with Gasteiger partial charge >= 0.3 is 0 Å². The normalized spacial score (nSPS) is 21.7. The molecule has 4 rings (SSSR count). The number of piperazine rings is 1. The van der Waals surface area contributed by atoms with Crippen molar-refractivity contribution in [3.05, 3.63) is 52.4 Å². The number of carbonyl (C=O) groups excluding carboxylic acids is 1. The Labute approximate surface area is 200 Å². The van der Waals surface area contributed by atoms with Crippen molar-refractivity contribution in [2.45, 2.75) is 56.7 Å². The van der Waals surface area contributed by atoms with Crippen LogP contribution < -0.4 is 10.2 Å². The van der Waals surface area contributed by atoms with Gasteiger partial charge in [-0.05, 0) is 31.5 Å². The zero-order valence-corrected chi connectivity index (χ0v) is 20.8. The number of carbonyl (C=O) groups is 1. The fourth-order valence-electron chi connectivity index (χ4n) is 4.56. The molecular formula is C24H32ClN5OS. The van der Waals surface area contributed by atoms with Crippen LogP contribution in [-0.2, 0) is 10.5 Å². The summed E-state index contributed by atoms with van der Waals surface area (Å²) in [6.45, 7) is 11.4. The average Bonchev–Trinajstić information content (AvgIpc) is 3.16. The molecule has 3 atom stereocenters. The van der Waals surface area contributed by atoms with Crippen LogP contribution in [0.2, 0.25) is 5.02 Å². The Morgan fingerprint density at radius 1 is 1.22 bits per heavy atom. The molecule has 0 radical (unpaired) electrons. The summed E-state index contributed by atoms with van der Waals surface area (Å²) < 4.78 is 0. The van der Waals surface area contributed by atoms with E-state index in [0.29, 0.717) is 35.9 Å². The van der Waals surface area contributed by atoms with E-state index in [0.717, 1.165) is 29.4 Å². The molecule has 1 saturated heterocycles. The van der Waals surface area contributed by atoms with E-state index in [2.05, 4.69) is 47.9 Å². The molecule has 1 aromatic carbocycles.